The first-order valence-electron chi connectivity index (χ1n) is 8.07. The van der Waals surface area contributed by atoms with Gasteiger partial charge in [0.05, 0.1) is 12.2 Å². The highest BCUT2D eigenvalue weighted by atomic mass is 16.5. The van der Waals surface area contributed by atoms with E-state index in [9.17, 15) is 9.90 Å². The average Bonchev–Trinajstić information content (AvgIpc) is 2.97. The van der Waals surface area contributed by atoms with Crippen molar-refractivity contribution in [2.75, 3.05) is 26.2 Å². The van der Waals surface area contributed by atoms with Gasteiger partial charge in [-0.15, -0.1) is 0 Å². The molecule has 116 valence electrons. The van der Waals surface area contributed by atoms with E-state index in [-0.39, 0.29) is 17.1 Å². The van der Waals surface area contributed by atoms with E-state index in [0.29, 0.717) is 18.6 Å². The Kier molecular flexibility index (Phi) is 3.22. The van der Waals surface area contributed by atoms with Crippen LogP contribution in [0.2, 0.25) is 0 Å². The van der Waals surface area contributed by atoms with Crippen molar-refractivity contribution in [2.45, 2.75) is 25.7 Å². The zero-order valence-corrected chi connectivity index (χ0v) is 12.7. The summed E-state index contributed by atoms with van der Waals surface area (Å²) in [7, 11) is 0. The predicted molar refractivity (Wildman–Crippen MR) is 83.5 cm³/mol. The summed E-state index contributed by atoms with van der Waals surface area (Å²) in [6.45, 7) is 3.97. The third kappa shape index (κ3) is 2.31. The minimum atomic E-state index is -0.216. The molecule has 1 aromatic rings. The van der Waals surface area contributed by atoms with Crippen molar-refractivity contribution in [3.63, 3.8) is 0 Å². The van der Waals surface area contributed by atoms with Crippen LogP contribution in [-0.2, 0) is 16.0 Å². The predicted octanol–water partition coefficient (Wildman–Crippen LogP) is 2.36. The molecule has 1 N–H and O–H groups in total. The number of carbonyl (C=O) groups is 1. The van der Waals surface area contributed by atoms with Crippen molar-refractivity contribution in [1.29, 1.82) is 0 Å². The van der Waals surface area contributed by atoms with Gasteiger partial charge >= 0.3 is 5.97 Å². The Balaban J connectivity index is 1.44. The molecule has 5 rings (SSSR count). The molecule has 3 fully saturated rings. The summed E-state index contributed by atoms with van der Waals surface area (Å²) < 4.78 is 5.68. The minimum Gasteiger partial charge on any atom is -0.508 e. The summed E-state index contributed by atoms with van der Waals surface area (Å²) in [5.41, 5.74) is 2.76. The smallest absolute Gasteiger partial charge is 0.338 e. The standard InChI is InChI=1S/C18H21NO3/c20-14-2-4-15-13(11-14)1-3-16(15)17(21)22-12-18-5-8-19(9-6-18)10-7-18/h2-4,11,20H,1,5-10,12H2. The lowest BCUT2D eigenvalue weighted by atomic mass is 9.73. The second-order valence-electron chi connectivity index (χ2n) is 6.83. The molecule has 0 unspecified atom stereocenters. The average molecular weight is 299 g/mol. The fourth-order valence-electron chi connectivity index (χ4n) is 3.94. The van der Waals surface area contributed by atoms with Crippen molar-refractivity contribution in [1.82, 2.24) is 4.90 Å². The van der Waals surface area contributed by atoms with Crippen LogP contribution in [0.25, 0.3) is 5.57 Å². The van der Waals surface area contributed by atoms with Gasteiger partial charge in [-0.1, -0.05) is 12.1 Å². The number of carbonyl (C=O) groups excluding carboxylic acids is 1. The van der Waals surface area contributed by atoms with Crippen molar-refractivity contribution >= 4 is 11.5 Å². The monoisotopic (exact) mass is 299 g/mol. The van der Waals surface area contributed by atoms with E-state index in [1.54, 1.807) is 12.1 Å². The fourth-order valence-corrected chi connectivity index (χ4v) is 3.94. The minimum absolute atomic E-state index is 0.210. The number of allylic oxidation sites excluding steroid dienone is 1. The molecule has 3 aliphatic heterocycles. The van der Waals surface area contributed by atoms with E-state index in [2.05, 4.69) is 4.90 Å². The number of rotatable bonds is 3. The molecule has 0 radical (unpaired) electrons. The Hall–Kier alpha value is -1.81. The first kappa shape index (κ1) is 13.8. The molecule has 0 spiro atoms. The van der Waals surface area contributed by atoms with Gasteiger partial charge in [0, 0.05) is 5.41 Å². The van der Waals surface area contributed by atoms with Crippen LogP contribution in [0.5, 0.6) is 5.75 Å². The summed E-state index contributed by atoms with van der Waals surface area (Å²) >= 11 is 0. The van der Waals surface area contributed by atoms with E-state index in [1.165, 1.54) is 0 Å². The molecule has 22 heavy (non-hydrogen) atoms. The van der Waals surface area contributed by atoms with E-state index >= 15 is 0 Å². The number of hydrogen-bond donors (Lipinski definition) is 1. The van der Waals surface area contributed by atoms with Crippen LogP contribution in [-0.4, -0.2) is 42.2 Å². The number of hydrogen-bond acceptors (Lipinski definition) is 4. The molecule has 0 saturated carbocycles. The number of esters is 1. The summed E-state index contributed by atoms with van der Waals surface area (Å²) in [6.07, 6.45) is 6.03. The Labute approximate surface area is 130 Å². The Morgan fingerprint density at radius 2 is 1.95 bits per heavy atom. The Bertz CT molecular complexity index is 628. The highest BCUT2D eigenvalue weighted by Crippen LogP contribution is 2.40. The highest BCUT2D eigenvalue weighted by molar-refractivity contribution is 6.18. The van der Waals surface area contributed by atoms with Crippen LogP contribution < -0.4 is 0 Å². The number of phenols is 1. The summed E-state index contributed by atoms with van der Waals surface area (Å²) in [6, 6.07) is 5.16. The van der Waals surface area contributed by atoms with Crippen LogP contribution in [0, 0.1) is 5.41 Å². The van der Waals surface area contributed by atoms with Crippen molar-refractivity contribution in [2.24, 2.45) is 5.41 Å². The molecule has 0 amide bonds. The van der Waals surface area contributed by atoms with Crippen LogP contribution in [0.1, 0.15) is 30.4 Å². The Morgan fingerprint density at radius 1 is 1.23 bits per heavy atom. The van der Waals surface area contributed by atoms with E-state index in [0.717, 1.165) is 50.0 Å². The van der Waals surface area contributed by atoms with E-state index in [1.807, 2.05) is 12.1 Å². The number of ether oxygens (including phenoxy) is 1. The van der Waals surface area contributed by atoms with Crippen molar-refractivity contribution in [3.8, 4) is 5.75 Å². The van der Waals surface area contributed by atoms with Crippen LogP contribution in [0.4, 0.5) is 0 Å². The number of phenolic OH excluding ortho intramolecular Hbond substituents is 1. The number of benzene rings is 1. The van der Waals surface area contributed by atoms with Crippen molar-refractivity contribution < 1.29 is 14.6 Å². The lowest BCUT2D eigenvalue weighted by molar-refractivity contribution is -0.143. The van der Waals surface area contributed by atoms with Crippen LogP contribution >= 0.6 is 0 Å². The lowest BCUT2D eigenvalue weighted by Crippen LogP contribution is -2.50. The van der Waals surface area contributed by atoms with Crippen LogP contribution in [0.3, 0.4) is 0 Å². The summed E-state index contributed by atoms with van der Waals surface area (Å²) in [5, 5.41) is 9.52. The molecular formula is C18H21NO3. The molecule has 1 aromatic carbocycles. The molecule has 4 nitrogen and oxygen atoms in total. The van der Waals surface area contributed by atoms with Gasteiger partial charge in [-0.25, -0.2) is 4.79 Å². The number of nitrogens with zero attached hydrogens (tertiary/aromatic N) is 1. The molecule has 3 heterocycles. The number of piperidine rings is 3. The van der Waals surface area contributed by atoms with Gasteiger partial charge in [-0.05, 0) is 68.6 Å². The molecule has 2 bridgehead atoms. The highest BCUT2D eigenvalue weighted by Gasteiger charge is 2.40. The molecular weight excluding hydrogens is 278 g/mol. The first-order chi connectivity index (χ1) is 10.7. The molecule has 1 aliphatic carbocycles. The van der Waals surface area contributed by atoms with Crippen molar-refractivity contribution in [3.05, 3.63) is 35.4 Å². The maximum Gasteiger partial charge on any atom is 0.338 e. The molecule has 3 saturated heterocycles. The van der Waals surface area contributed by atoms with Gasteiger partial charge < -0.3 is 14.7 Å². The third-order valence-corrected chi connectivity index (χ3v) is 5.51. The second kappa shape index (κ2) is 5.13. The molecule has 4 heteroatoms. The van der Waals surface area contributed by atoms with Gasteiger partial charge in [0.15, 0.2) is 0 Å². The first-order valence-corrected chi connectivity index (χ1v) is 8.07. The van der Waals surface area contributed by atoms with Gasteiger partial charge in [0.1, 0.15) is 5.75 Å². The fraction of sp³-hybridized carbons (Fsp3) is 0.500. The summed E-state index contributed by atoms with van der Waals surface area (Å²) in [5.74, 6) is 0.0291. The van der Waals surface area contributed by atoms with Gasteiger partial charge in [-0.2, -0.15) is 0 Å². The van der Waals surface area contributed by atoms with Gasteiger partial charge in [0.2, 0.25) is 0 Å². The lowest BCUT2D eigenvalue weighted by Gasteiger charge is -2.47. The quantitative estimate of drug-likeness (QED) is 0.871. The van der Waals surface area contributed by atoms with Gasteiger partial charge in [0.25, 0.3) is 0 Å². The largest absolute Gasteiger partial charge is 0.508 e. The maximum atomic E-state index is 12.4. The third-order valence-electron chi connectivity index (χ3n) is 5.51. The van der Waals surface area contributed by atoms with Crippen LogP contribution in [0.15, 0.2) is 24.3 Å². The Morgan fingerprint density at radius 3 is 2.68 bits per heavy atom. The number of fused-ring (bicyclic) bond motifs is 4. The SMILES string of the molecule is O=C(OCC12CCN(CC1)CC2)C1=CCc2cc(O)ccc21. The summed E-state index contributed by atoms with van der Waals surface area (Å²) in [4.78, 5) is 14.9. The zero-order chi connectivity index (χ0) is 15.2. The molecule has 0 atom stereocenters. The van der Waals surface area contributed by atoms with Gasteiger partial charge in [-0.3, -0.25) is 0 Å². The van der Waals surface area contributed by atoms with E-state index < -0.39 is 0 Å². The normalized spacial score (nSPS) is 29.1. The number of aromatic hydroxyl groups is 1. The topological polar surface area (TPSA) is 49.8 Å². The molecule has 0 aromatic heterocycles. The van der Waals surface area contributed by atoms with E-state index in [4.69, 9.17) is 4.74 Å². The maximum absolute atomic E-state index is 12.4. The zero-order valence-electron chi connectivity index (χ0n) is 12.7. The second-order valence-corrected chi connectivity index (χ2v) is 6.83. The molecule has 4 aliphatic rings.